The van der Waals surface area contributed by atoms with Crippen LogP contribution < -0.4 is 5.46 Å². The lowest BCUT2D eigenvalue weighted by Crippen LogP contribution is -2.38. The maximum absolute atomic E-state index is 9.35. The van der Waals surface area contributed by atoms with Crippen molar-refractivity contribution in [1.82, 2.24) is 4.90 Å². The first kappa shape index (κ1) is 13.6. The Bertz CT molecular complexity index is 376. The summed E-state index contributed by atoms with van der Waals surface area (Å²) in [6.45, 7) is 5.32. The molecule has 0 spiro atoms. The summed E-state index contributed by atoms with van der Waals surface area (Å²) in [5, 5.41) is 18.7. The van der Waals surface area contributed by atoms with Crippen molar-refractivity contribution in [2.45, 2.75) is 32.7 Å². The van der Waals surface area contributed by atoms with E-state index >= 15 is 0 Å². The fourth-order valence-corrected chi connectivity index (χ4v) is 2.72. The minimum absolute atomic E-state index is 0.634. The average molecular weight is 247 g/mol. The molecule has 0 unspecified atom stereocenters. The quantitative estimate of drug-likeness (QED) is 0.780. The third-order valence-electron chi connectivity index (χ3n) is 4.01. The summed E-state index contributed by atoms with van der Waals surface area (Å²) in [7, 11) is -1.37. The second kappa shape index (κ2) is 6.37. The van der Waals surface area contributed by atoms with E-state index in [0.29, 0.717) is 5.46 Å². The van der Waals surface area contributed by atoms with Crippen LogP contribution in [0.2, 0.25) is 0 Å². The smallest absolute Gasteiger partial charge is 0.423 e. The predicted octanol–water partition coefficient (Wildman–Crippen LogP) is 0.988. The van der Waals surface area contributed by atoms with E-state index in [-0.39, 0.29) is 0 Å². The molecule has 0 aliphatic carbocycles. The molecule has 0 atom stereocenters. The molecule has 0 bridgehead atoms. The van der Waals surface area contributed by atoms with Crippen molar-refractivity contribution in [3.05, 3.63) is 29.8 Å². The van der Waals surface area contributed by atoms with Gasteiger partial charge in [-0.05, 0) is 42.9 Å². The van der Waals surface area contributed by atoms with Crippen LogP contribution in [0.25, 0.3) is 0 Å². The van der Waals surface area contributed by atoms with E-state index in [0.717, 1.165) is 31.1 Å². The summed E-state index contributed by atoms with van der Waals surface area (Å²) in [5.74, 6) is 0.875. The third-order valence-corrected chi connectivity index (χ3v) is 4.01. The van der Waals surface area contributed by atoms with Crippen molar-refractivity contribution in [3.63, 3.8) is 0 Å². The summed E-state index contributed by atoms with van der Waals surface area (Å²) >= 11 is 0. The molecule has 1 aromatic rings. The van der Waals surface area contributed by atoms with Gasteiger partial charge in [-0.3, -0.25) is 4.90 Å². The summed E-state index contributed by atoms with van der Waals surface area (Å²) in [6.07, 6.45) is 3.81. The monoisotopic (exact) mass is 247 g/mol. The Hall–Kier alpha value is -0.835. The number of piperidine rings is 1. The van der Waals surface area contributed by atoms with Crippen molar-refractivity contribution in [2.24, 2.45) is 5.92 Å². The number of likely N-dealkylation sites (tertiary alicyclic amines) is 1. The molecule has 1 fully saturated rings. The van der Waals surface area contributed by atoms with Crippen LogP contribution in [-0.4, -0.2) is 35.2 Å². The second-order valence-corrected chi connectivity index (χ2v) is 5.20. The minimum Gasteiger partial charge on any atom is -0.423 e. The van der Waals surface area contributed by atoms with Gasteiger partial charge in [0.2, 0.25) is 0 Å². The molecule has 1 aliphatic heterocycles. The highest BCUT2D eigenvalue weighted by Crippen LogP contribution is 2.20. The van der Waals surface area contributed by atoms with E-state index < -0.39 is 7.12 Å². The topological polar surface area (TPSA) is 43.7 Å². The van der Waals surface area contributed by atoms with Gasteiger partial charge in [-0.1, -0.05) is 37.6 Å². The summed E-state index contributed by atoms with van der Waals surface area (Å²) in [5.41, 5.74) is 1.66. The van der Waals surface area contributed by atoms with Gasteiger partial charge in [0.1, 0.15) is 0 Å². The zero-order valence-corrected chi connectivity index (χ0v) is 11.0. The predicted molar refractivity (Wildman–Crippen MR) is 74.6 cm³/mol. The molecule has 18 heavy (non-hydrogen) atoms. The maximum Gasteiger partial charge on any atom is 0.488 e. The van der Waals surface area contributed by atoms with E-state index in [1.165, 1.54) is 19.3 Å². The Balaban J connectivity index is 1.98. The third kappa shape index (κ3) is 3.34. The molecule has 0 radical (unpaired) electrons. The van der Waals surface area contributed by atoms with E-state index in [2.05, 4.69) is 11.8 Å². The SMILES string of the molecule is CCC1CCN(Cc2ccccc2B(O)O)CC1. The minimum atomic E-state index is -1.37. The Labute approximate surface area is 110 Å². The van der Waals surface area contributed by atoms with Crippen molar-refractivity contribution in [1.29, 1.82) is 0 Å². The van der Waals surface area contributed by atoms with Crippen molar-refractivity contribution < 1.29 is 10.0 Å². The molecule has 1 saturated heterocycles. The van der Waals surface area contributed by atoms with Crippen LogP contribution in [0.15, 0.2) is 24.3 Å². The maximum atomic E-state index is 9.35. The Kier molecular flexibility index (Phi) is 4.81. The summed E-state index contributed by atoms with van der Waals surface area (Å²) in [4.78, 5) is 2.41. The standard InChI is InChI=1S/C14H22BNO2/c1-2-12-7-9-16(10-8-12)11-13-5-3-4-6-14(13)15(17)18/h3-6,12,17-18H,2,7-11H2,1H3. The number of benzene rings is 1. The molecule has 0 saturated carbocycles. The fraction of sp³-hybridized carbons (Fsp3) is 0.571. The Morgan fingerprint density at radius 1 is 1.22 bits per heavy atom. The van der Waals surface area contributed by atoms with Crippen LogP contribution in [0.4, 0.5) is 0 Å². The molecule has 1 aromatic carbocycles. The largest absolute Gasteiger partial charge is 0.488 e. The van der Waals surface area contributed by atoms with E-state index in [9.17, 15) is 10.0 Å². The van der Waals surface area contributed by atoms with Crippen LogP contribution >= 0.6 is 0 Å². The first-order valence-corrected chi connectivity index (χ1v) is 6.87. The molecule has 3 nitrogen and oxygen atoms in total. The van der Waals surface area contributed by atoms with E-state index in [4.69, 9.17) is 0 Å². The van der Waals surface area contributed by atoms with Gasteiger partial charge in [-0.2, -0.15) is 0 Å². The Morgan fingerprint density at radius 2 is 1.89 bits per heavy atom. The highest BCUT2D eigenvalue weighted by atomic mass is 16.4. The number of rotatable bonds is 4. The molecule has 0 aromatic heterocycles. The lowest BCUT2D eigenvalue weighted by Gasteiger charge is -2.31. The molecule has 1 aliphatic rings. The van der Waals surface area contributed by atoms with Crippen molar-refractivity contribution >= 4 is 12.6 Å². The van der Waals surface area contributed by atoms with Crippen LogP contribution in [0, 0.1) is 5.92 Å². The van der Waals surface area contributed by atoms with Gasteiger partial charge in [0.05, 0.1) is 0 Å². The molecule has 4 heteroatoms. The van der Waals surface area contributed by atoms with Gasteiger partial charge >= 0.3 is 7.12 Å². The highest BCUT2D eigenvalue weighted by molar-refractivity contribution is 6.59. The average Bonchev–Trinajstić information content (AvgIpc) is 2.40. The molecular formula is C14H22BNO2. The number of hydrogen-bond donors (Lipinski definition) is 2. The summed E-state index contributed by atoms with van der Waals surface area (Å²) < 4.78 is 0. The van der Waals surface area contributed by atoms with Crippen molar-refractivity contribution in [3.8, 4) is 0 Å². The van der Waals surface area contributed by atoms with Gasteiger partial charge in [0.15, 0.2) is 0 Å². The highest BCUT2D eigenvalue weighted by Gasteiger charge is 2.20. The molecule has 0 amide bonds. The van der Waals surface area contributed by atoms with Gasteiger partial charge in [-0.25, -0.2) is 0 Å². The lowest BCUT2D eigenvalue weighted by molar-refractivity contribution is 0.175. The van der Waals surface area contributed by atoms with Crippen LogP contribution in [-0.2, 0) is 6.54 Å². The molecule has 2 rings (SSSR count). The fourth-order valence-electron chi connectivity index (χ4n) is 2.72. The van der Waals surface area contributed by atoms with Crippen molar-refractivity contribution in [2.75, 3.05) is 13.1 Å². The van der Waals surface area contributed by atoms with Gasteiger partial charge in [-0.15, -0.1) is 0 Å². The first-order valence-electron chi connectivity index (χ1n) is 6.87. The molecule has 98 valence electrons. The lowest BCUT2D eigenvalue weighted by atomic mass is 9.77. The van der Waals surface area contributed by atoms with Crippen LogP contribution in [0.5, 0.6) is 0 Å². The number of nitrogens with zero attached hydrogens (tertiary/aromatic N) is 1. The first-order chi connectivity index (χ1) is 8.70. The van der Waals surface area contributed by atoms with E-state index in [1.54, 1.807) is 6.07 Å². The zero-order chi connectivity index (χ0) is 13.0. The van der Waals surface area contributed by atoms with E-state index in [1.807, 2.05) is 18.2 Å². The van der Waals surface area contributed by atoms with Gasteiger partial charge in [0.25, 0.3) is 0 Å². The molecular weight excluding hydrogens is 225 g/mol. The molecule has 1 heterocycles. The summed E-state index contributed by atoms with van der Waals surface area (Å²) in [6, 6.07) is 7.58. The van der Waals surface area contributed by atoms with Gasteiger partial charge < -0.3 is 10.0 Å². The van der Waals surface area contributed by atoms with Crippen LogP contribution in [0.1, 0.15) is 31.7 Å². The van der Waals surface area contributed by atoms with Crippen LogP contribution in [0.3, 0.4) is 0 Å². The normalized spacial score (nSPS) is 17.9. The number of hydrogen-bond acceptors (Lipinski definition) is 3. The second-order valence-electron chi connectivity index (χ2n) is 5.20. The van der Waals surface area contributed by atoms with Gasteiger partial charge in [0, 0.05) is 6.54 Å². The Morgan fingerprint density at radius 3 is 2.50 bits per heavy atom. The molecule has 2 N–H and O–H groups in total. The zero-order valence-electron chi connectivity index (χ0n) is 11.0.